The van der Waals surface area contributed by atoms with Gasteiger partial charge in [-0.2, -0.15) is 118 Å². The summed E-state index contributed by atoms with van der Waals surface area (Å²) in [4.78, 5) is 0. The van der Waals surface area contributed by atoms with Crippen LogP contribution in [0.4, 0.5) is 11.4 Å². The summed E-state index contributed by atoms with van der Waals surface area (Å²) >= 11 is 0. The van der Waals surface area contributed by atoms with Gasteiger partial charge < -0.3 is 48.5 Å². The van der Waals surface area contributed by atoms with Crippen molar-refractivity contribution in [2.24, 2.45) is 0 Å². The summed E-state index contributed by atoms with van der Waals surface area (Å²) in [6.45, 7) is -6.21. The summed E-state index contributed by atoms with van der Waals surface area (Å²) in [5, 5.41) is 5.86. The van der Waals surface area contributed by atoms with E-state index in [0.29, 0.717) is 0 Å². The molecular formula is C40H60N2O64S14. The Hall–Kier alpha value is -4.42. The summed E-state index contributed by atoms with van der Waals surface area (Å²) in [6.07, 6.45) is -64.3. The monoisotopic (exact) mass is 2040 g/mol. The van der Waals surface area contributed by atoms with Crippen molar-refractivity contribution in [1.82, 2.24) is 0 Å². The number of hydrogen-bond acceptors (Lipinski definition) is 52. The number of anilines is 2. The summed E-state index contributed by atoms with van der Waals surface area (Å²) in [5.41, 5.74) is -0.0298. The van der Waals surface area contributed by atoms with Crippen LogP contribution in [0.2, 0.25) is 0 Å². The first-order valence-electron chi connectivity index (χ1n) is 30.1. The van der Waals surface area contributed by atoms with E-state index in [1.54, 1.807) is 6.92 Å². The first kappa shape index (κ1) is 104. The Kier molecular flexibility index (Phi) is 34.7. The Morgan fingerprint density at radius 1 is 0.267 bits per heavy atom. The second-order valence-corrected chi connectivity index (χ2v) is 37.9. The summed E-state index contributed by atoms with van der Waals surface area (Å²) < 4.78 is 581. The number of benzene rings is 2. The van der Waals surface area contributed by atoms with E-state index in [4.69, 9.17) is 37.9 Å². The van der Waals surface area contributed by atoms with Crippen LogP contribution in [-0.4, -0.2) is 337 Å². The molecule has 0 bridgehead atoms. The van der Waals surface area contributed by atoms with Crippen LogP contribution in [0, 0.1) is 0 Å². The standard InChI is InChI=1S/C40H60N2O64S14/c1-2-3-24(41-16-4-8-18(9-5-16)89-37-33(103-117(73,74)75)29(99-113(61,62)63)25(20(91-37)12-85-107(43,44)45)95-39-35(105-119(79,80)81)31(101-115(67,68)69)27(97-111(55,56)57)22(93-39)14-87-109(49,50)51)42-17-6-10-19(11-7-17)90-38-34(104-118(76,77)78)30(100-114(64,65)66)26(21(92-38)13-86-108(46,47)48)96-40-36(106-120(82,83)84)32(102-116(70,71)72)28(98-112(58,59)60)23(94-40)15-88-110(52,53)54/h4-11,20-42H,2-3,12-15H2,1H3,(H,43,44,45)(H,46,47,48)(H,49,50,51)(H,52,53,54)(H,55,56,57)(H,58,59,60)(H,61,62,63)(H,64,65,66)(H,67,68,69)(H,70,71,72)(H,73,74,75)(H,76,77,78)(H,79,80,81)(H,82,83,84)/t20-,21-,22-,23-,25-,26-,27-,28-,29+,30+,31+,32+,33-,34-,35-,36-,37-,38-,39-,40-/m1/s1. The zero-order valence-corrected chi connectivity index (χ0v) is 68.8. The molecule has 0 spiro atoms. The van der Waals surface area contributed by atoms with Crippen LogP contribution in [0.15, 0.2) is 48.5 Å². The molecule has 2 aromatic rings. The van der Waals surface area contributed by atoms with Gasteiger partial charge in [-0.15, -0.1) is 0 Å². The van der Waals surface area contributed by atoms with E-state index in [9.17, 15) is 182 Å². The van der Waals surface area contributed by atoms with E-state index < -0.39 is 313 Å². The minimum Gasteiger partial charge on any atom is -0.462 e. The predicted octanol–water partition coefficient (Wildman–Crippen LogP) is -8.08. The number of rotatable bonds is 46. The van der Waals surface area contributed by atoms with Crippen LogP contribution in [0.1, 0.15) is 19.8 Å². The molecule has 4 aliphatic heterocycles. The highest BCUT2D eigenvalue weighted by molar-refractivity contribution is 7.84. The molecule has 4 heterocycles. The van der Waals surface area contributed by atoms with Gasteiger partial charge in [0.25, 0.3) is 0 Å². The minimum absolute atomic E-state index is 0.0149. The fourth-order valence-electron chi connectivity index (χ4n) is 10.6. The molecule has 20 atom stereocenters. The lowest BCUT2D eigenvalue weighted by Gasteiger charge is -2.48. The van der Waals surface area contributed by atoms with Gasteiger partial charge in [0.2, 0.25) is 12.6 Å². The molecule has 2 aromatic carbocycles. The maximum atomic E-state index is 12.6. The van der Waals surface area contributed by atoms with Crippen LogP contribution in [-0.2, 0) is 233 Å². The molecule has 0 aliphatic carbocycles. The third-order valence-corrected chi connectivity index (χ3v) is 20.7. The molecule has 4 aliphatic rings. The molecule has 6 rings (SSSR count). The van der Waals surface area contributed by atoms with Crippen LogP contribution in [0.3, 0.4) is 0 Å². The van der Waals surface area contributed by atoms with Crippen molar-refractivity contribution >= 4 is 157 Å². The molecule has 4 saturated heterocycles. The summed E-state index contributed by atoms with van der Waals surface area (Å²) in [6, 6.07) is 7.83. The first-order chi connectivity index (χ1) is 54.0. The lowest BCUT2D eigenvalue weighted by atomic mass is 9.97. The average Bonchev–Trinajstić information content (AvgIpc) is 0.757. The Balaban J connectivity index is 1.36. The summed E-state index contributed by atoms with van der Waals surface area (Å²) in [5.74, 6) is -1.32. The molecule has 698 valence electrons. The Morgan fingerprint density at radius 3 is 0.675 bits per heavy atom. The van der Waals surface area contributed by atoms with Gasteiger partial charge in [-0.3, -0.25) is 63.7 Å². The van der Waals surface area contributed by atoms with Gasteiger partial charge in [0.05, 0.1) is 32.6 Å². The third-order valence-electron chi connectivity index (χ3n) is 14.3. The lowest BCUT2D eigenvalue weighted by Crippen LogP contribution is -2.67. The molecule has 0 amide bonds. The molecule has 80 heteroatoms. The van der Waals surface area contributed by atoms with Crippen molar-refractivity contribution in [3.8, 4) is 11.5 Å². The Morgan fingerprint density at radius 2 is 0.458 bits per heavy atom. The van der Waals surface area contributed by atoms with Gasteiger partial charge in [-0.1, -0.05) is 13.3 Å². The number of nitrogens with one attached hydrogen (secondary N) is 2. The van der Waals surface area contributed by atoms with E-state index in [-0.39, 0.29) is 24.2 Å². The van der Waals surface area contributed by atoms with Gasteiger partial charge in [-0.05, 0) is 55.0 Å². The number of hydrogen-bond donors (Lipinski definition) is 16. The first-order valence-corrected chi connectivity index (χ1v) is 49.2. The topological polar surface area (TPSA) is 988 Å². The highest BCUT2D eigenvalue weighted by Gasteiger charge is 2.62. The van der Waals surface area contributed by atoms with Crippen LogP contribution in [0.5, 0.6) is 11.5 Å². The third kappa shape index (κ3) is 37.3. The second kappa shape index (κ2) is 39.9. The molecule has 16 N–H and O–H groups in total. The van der Waals surface area contributed by atoms with Crippen molar-refractivity contribution in [3.63, 3.8) is 0 Å². The van der Waals surface area contributed by atoms with Gasteiger partial charge in [0.15, 0.2) is 37.0 Å². The van der Waals surface area contributed by atoms with Gasteiger partial charge >= 0.3 is 146 Å². The zero-order valence-electron chi connectivity index (χ0n) is 57.4. The molecule has 4 fully saturated rings. The van der Waals surface area contributed by atoms with Gasteiger partial charge in [0.1, 0.15) is 84.7 Å². The normalized spacial score (nSPS) is 29.1. The van der Waals surface area contributed by atoms with Crippen molar-refractivity contribution in [2.75, 3.05) is 37.1 Å². The van der Waals surface area contributed by atoms with Crippen molar-refractivity contribution in [2.45, 2.75) is 149 Å². The number of ether oxygens (including phenoxy) is 8. The molecular weight excluding hydrogens is 1980 g/mol. The fraction of sp³-hybridized carbons (Fsp3) is 0.700. The smallest absolute Gasteiger partial charge is 0.397 e. The minimum atomic E-state index is -6.32. The fourth-order valence-corrected chi connectivity index (χ4v) is 16.8. The predicted molar refractivity (Wildman–Crippen MR) is 359 cm³/mol. The maximum absolute atomic E-state index is 12.6. The molecule has 0 saturated carbocycles. The van der Waals surface area contributed by atoms with E-state index in [0.717, 1.165) is 48.5 Å². The van der Waals surface area contributed by atoms with Crippen LogP contribution < -0.4 is 20.1 Å². The van der Waals surface area contributed by atoms with Crippen LogP contribution >= 0.6 is 0 Å². The highest BCUT2D eigenvalue weighted by atomic mass is 32.3. The largest absolute Gasteiger partial charge is 0.462 e. The molecule has 120 heavy (non-hydrogen) atoms. The SMILES string of the molecule is CCCC(Nc1ccc(O[C@@H]2O[C@H](COS(=O)(=O)O)[C@@H](O[C@H]3O[C@H](COS(=O)(=O)O)[C@@H](OS(=O)(=O)O)[C@H](OS(=O)(=O)O)[C@H]3OS(=O)(=O)O)[C@H](OS(=O)(=O)O)[C@H]2OS(=O)(=O)O)cc1)Nc1ccc(O[C@@H]2O[C@H](COS(=O)(=O)O)[C@@H](O[C@H]3O[C@H](COS(=O)(=O)O)[C@@H](OS(=O)(=O)O)[C@H](OS(=O)(=O)O)[C@H]3OS(=O)(=O)O)[C@H](OS(=O)(=O)O)[C@H]2OS(=O)(=O)O)cc1. The molecule has 66 nitrogen and oxygen atoms in total. The molecule has 0 aromatic heterocycles. The zero-order chi connectivity index (χ0) is 91.3. The van der Waals surface area contributed by atoms with Gasteiger partial charge in [-0.25, -0.2) is 58.6 Å². The average molecular weight is 2040 g/mol. The quantitative estimate of drug-likeness (QED) is 0.0216. The van der Waals surface area contributed by atoms with Crippen molar-refractivity contribution in [3.05, 3.63) is 48.5 Å². The lowest BCUT2D eigenvalue weighted by molar-refractivity contribution is -0.340. The van der Waals surface area contributed by atoms with Crippen molar-refractivity contribution in [1.29, 1.82) is 0 Å². The molecule has 0 unspecified atom stereocenters. The summed E-state index contributed by atoms with van der Waals surface area (Å²) in [7, 11) is -86.0. The van der Waals surface area contributed by atoms with Crippen molar-refractivity contribution < 1.29 is 278 Å². The van der Waals surface area contributed by atoms with Gasteiger partial charge in [0, 0.05) is 11.4 Å². The molecule has 0 radical (unpaired) electrons. The Labute approximate surface area is 676 Å². The van der Waals surface area contributed by atoms with E-state index >= 15 is 0 Å². The van der Waals surface area contributed by atoms with Crippen LogP contribution in [0.25, 0.3) is 0 Å². The second-order valence-electron chi connectivity index (χ2n) is 23.0. The highest BCUT2D eigenvalue weighted by Crippen LogP contribution is 2.41. The maximum Gasteiger partial charge on any atom is 0.397 e. The van der Waals surface area contributed by atoms with E-state index in [1.165, 1.54) is 0 Å². The van der Waals surface area contributed by atoms with E-state index in [2.05, 4.69) is 69.2 Å². The Bertz CT molecular complexity index is 5250. The van der Waals surface area contributed by atoms with E-state index in [1.807, 2.05) is 0 Å².